The first kappa shape index (κ1) is 17.7. The van der Waals surface area contributed by atoms with Crippen molar-refractivity contribution in [1.82, 2.24) is 10.2 Å². The van der Waals surface area contributed by atoms with Gasteiger partial charge in [0.25, 0.3) is 5.22 Å². The predicted molar refractivity (Wildman–Crippen MR) is 93.2 cm³/mol. The zero-order chi connectivity index (χ0) is 17.4. The first-order valence-electron chi connectivity index (χ1n) is 7.68. The average molecular weight is 332 g/mol. The van der Waals surface area contributed by atoms with Gasteiger partial charge >= 0.3 is 0 Å². The zero-order valence-electron chi connectivity index (χ0n) is 14.9. The molecule has 0 amide bonds. The quantitative estimate of drug-likeness (QED) is 0.595. The fourth-order valence-electron chi connectivity index (χ4n) is 2.70. The van der Waals surface area contributed by atoms with Crippen LogP contribution in [0.2, 0.25) is 0 Å². The number of benzene rings is 1. The predicted octanol–water partition coefficient (Wildman–Crippen LogP) is 4.79. The maximum atomic E-state index is 11.9. The summed E-state index contributed by atoms with van der Waals surface area (Å²) >= 11 is 1.51. The molecule has 1 aromatic heterocycles. The molecule has 0 saturated heterocycles. The number of hydrogen-bond donors (Lipinski definition) is 0. The van der Waals surface area contributed by atoms with Crippen LogP contribution in [-0.4, -0.2) is 16.0 Å². The molecular formula is C18H24N2O2S. The van der Waals surface area contributed by atoms with Crippen LogP contribution in [0.1, 0.15) is 66.2 Å². The first-order chi connectivity index (χ1) is 10.6. The molecule has 4 nitrogen and oxygen atoms in total. The Kier molecular flexibility index (Phi) is 4.99. The number of hydrogen-bond acceptors (Lipinski definition) is 5. The summed E-state index contributed by atoms with van der Waals surface area (Å²) in [5.41, 5.74) is 5.12. The van der Waals surface area contributed by atoms with E-state index >= 15 is 0 Å². The van der Waals surface area contributed by atoms with Crippen molar-refractivity contribution in [3.05, 3.63) is 39.8 Å². The number of thioether (sulfide) groups is 1. The Labute approximate surface area is 142 Å². The summed E-state index contributed by atoms with van der Waals surface area (Å²) in [5.74, 6) is 1.46. The van der Waals surface area contributed by atoms with Crippen LogP contribution in [0, 0.1) is 20.8 Å². The molecule has 0 aliphatic rings. The molecule has 0 saturated carbocycles. The molecule has 124 valence electrons. The van der Waals surface area contributed by atoms with Crippen LogP contribution in [0.25, 0.3) is 0 Å². The van der Waals surface area contributed by atoms with E-state index in [1.807, 2.05) is 34.6 Å². The van der Waals surface area contributed by atoms with E-state index in [0.29, 0.717) is 16.9 Å². The largest absolute Gasteiger partial charge is 0.415 e. The number of ketones is 1. The molecule has 23 heavy (non-hydrogen) atoms. The Hall–Kier alpha value is -1.62. The lowest BCUT2D eigenvalue weighted by Crippen LogP contribution is -2.11. The second-order valence-electron chi connectivity index (χ2n) is 6.96. The van der Waals surface area contributed by atoms with E-state index < -0.39 is 0 Å². The van der Waals surface area contributed by atoms with E-state index in [0.717, 1.165) is 16.7 Å². The highest BCUT2D eigenvalue weighted by molar-refractivity contribution is 7.98. The lowest BCUT2D eigenvalue weighted by molar-refractivity contribution is 0.101. The molecule has 0 aliphatic carbocycles. The Morgan fingerprint density at radius 3 is 2.35 bits per heavy atom. The van der Waals surface area contributed by atoms with Gasteiger partial charge in [-0.05, 0) is 49.9 Å². The van der Waals surface area contributed by atoms with Crippen molar-refractivity contribution in [1.29, 1.82) is 0 Å². The lowest BCUT2D eigenvalue weighted by atomic mass is 9.92. The fraction of sp³-hybridized carbons (Fsp3) is 0.500. The molecule has 0 unspecified atom stereocenters. The van der Waals surface area contributed by atoms with Gasteiger partial charge in [-0.1, -0.05) is 38.6 Å². The molecule has 0 aliphatic heterocycles. The topological polar surface area (TPSA) is 56.0 Å². The third kappa shape index (κ3) is 3.83. The summed E-state index contributed by atoms with van der Waals surface area (Å²) < 4.78 is 5.72. The lowest BCUT2D eigenvalue weighted by Gasteiger charge is -2.15. The molecule has 0 fully saturated rings. The minimum absolute atomic E-state index is 0.110. The van der Waals surface area contributed by atoms with E-state index in [-0.39, 0.29) is 11.2 Å². The van der Waals surface area contributed by atoms with Gasteiger partial charge in [-0.2, -0.15) is 0 Å². The van der Waals surface area contributed by atoms with E-state index in [4.69, 9.17) is 4.42 Å². The molecule has 0 atom stereocenters. The van der Waals surface area contributed by atoms with Crippen molar-refractivity contribution < 1.29 is 9.21 Å². The van der Waals surface area contributed by atoms with Gasteiger partial charge in [-0.15, -0.1) is 10.2 Å². The standard InChI is InChI=1S/C18H24N2O2S/c1-10-8-11(2)15(13(4)21)12(3)14(10)9-23-17-20-19-16(22-17)18(5,6)7/h8H,9H2,1-7H3. The molecule has 5 heteroatoms. The molecule has 1 heterocycles. The van der Waals surface area contributed by atoms with Gasteiger partial charge in [0, 0.05) is 16.7 Å². The van der Waals surface area contributed by atoms with E-state index in [9.17, 15) is 4.79 Å². The maximum Gasteiger partial charge on any atom is 0.276 e. The Morgan fingerprint density at radius 2 is 1.83 bits per heavy atom. The number of carbonyl (C=O) groups excluding carboxylic acids is 1. The Bertz CT molecular complexity index is 742. The smallest absolute Gasteiger partial charge is 0.276 e. The summed E-state index contributed by atoms with van der Waals surface area (Å²) in [4.78, 5) is 11.9. The summed E-state index contributed by atoms with van der Waals surface area (Å²) in [7, 11) is 0. The minimum Gasteiger partial charge on any atom is -0.415 e. The molecule has 2 aromatic rings. The monoisotopic (exact) mass is 332 g/mol. The summed E-state index contributed by atoms with van der Waals surface area (Å²) in [6.07, 6.45) is 0. The van der Waals surface area contributed by atoms with Gasteiger partial charge in [0.15, 0.2) is 5.78 Å². The van der Waals surface area contributed by atoms with Gasteiger partial charge in [0.2, 0.25) is 5.89 Å². The normalized spacial score (nSPS) is 11.8. The number of rotatable bonds is 4. The van der Waals surface area contributed by atoms with Crippen LogP contribution in [0.3, 0.4) is 0 Å². The van der Waals surface area contributed by atoms with Crippen LogP contribution >= 0.6 is 11.8 Å². The van der Waals surface area contributed by atoms with Crippen molar-refractivity contribution in [2.24, 2.45) is 0 Å². The van der Waals surface area contributed by atoms with Crippen molar-refractivity contribution in [3.8, 4) is 0 Å². The van der Waals surface area contributed by atoms with Crippen LogP contribution in [0.15, 0.2) is 15.7 Å². The minimum atomic E-state index is -0.150. The van der Waals surface area contributed by atoms with Gasteiger partial charge < -0.3 is 4.42 Å². The van der Waals surface area contributed by atoms with Gasteiger partial charge in [-0.3, -0.25) is 4.79 Å². The fourth-order valence-corrected chi connectivity index (χ4v) is 3.64. The Balaban J connectivity index is 2.26. The molecule has 0 bridgehead atoms. The molecular weight excluding hydrogens is 308 g/mol. The van der Waals surface area contributed by atoms with Crippen LogP contribution in [0.5, 0.6) is 0 Å². The van der Waals surface area contributed by atoms with Crippen LogP contribution < -0.4 is 0 Å². The number of Topliss-reactive ketones (excluding diaryl/α,β-unsaturated/α-hetero) is 1. The molecule has 0 radical (unpaired) electrons. The van der Waals surface area contributed by atoms with Crippen molar-refractivity contribution in [3.63, 3.8) is 0 Å². The highest BCUT2D eigenvalue weighted by atomic mass is 32.2. The summed E-state index contributed by atoms with van der Waals surface area (Å²) in [6.45, 7) is 13.8. The van der Waals surface area contributed by atoms with Gasteiger partial charge in [0.1, 0.15) is 0 Å². The zero-order valence-corrected chi connectivity index (χ0v) is 15.7. The van der Waals surface area contributed by atoms with Crippen molar-refractivity contribution >= 4 is 17.5 Å². The molecule has 1 aromatic carbocycles. The van der Waals surface area contributed by atoms with E-state index in [1.165, 1.54) is 22.9 Å². The highest BCUT2D eigenvalue weighted by Crippen LogP contribution is 2.30. The highest BCUT2D eigenvalue weighted by Gasteiger charge is 2.22. The summed E-state index contributed by atoms with van der Waals surface area (Å²) in [5, 5.41) is 8.79. The Morgan fingerprint density at radius 1 is 1.17 bits per heavy atom. The van der Waals surface area contributed by atoms with Crippen LogP contribution in [0.4, 0.5) is 0 Å². The van der Waals surface area contributed by atoms with Crippen molar-refractivity contribution in [2.45, 2.75) is 64.9 Å². The third-order valence-corrected chi connectivity index (χ3v) is 4.72. The summed E-state index contributed by atoms with van der Waals surface area (Å²) in [6, 6.07) is 2.08. The second kappa shape index (κ2) is 6.48. The van der Waals surface area contributed by atoms with Crippen molar-refractivity contribution in [2.75, 3.05) is 0 Å². The van der Waals surface area contributed by atoms with E-state index in [1.54, 1.807) is 6.92 Å². The number of nitrogens with zero attached hydrogens (tertiary/aromatic N) is 2. The van der Waals surface area contributed by atoms with E-state index in [2.05, 4.69) is 23.2 Å². The average Bonchev–Trinajstić information content (AvgIpc) is 2.86. The first-order valence-corrected chi connectivity index (χ1v) is 8.67. The molecule has 0 N–H and O–H groups in total. The molecule has 0 spiro atoms. The number of aromatic nitrogens is 2. The van der Waals surface area contributed by atoms with Gasteiger partial charge in [0.05, 0.1) is 0 Å². The van der Waals surface area contributed by atoms with Gasteiger partial charge in [-0.25, -0.2) is 0 Å². The number of carbonyl (C=O) groups is 1. The molecule has 2 rings (SSSR count). The second-order valence-corrected chi connectivity index (χ2v) is 7.88. The third-order valence-electron chi connectivity index (χ3n) is 3.87. The SMILES string of the molecule is CC(=O)c1c(C)cc(C)c(CSc2nnc(C(C)(C)C)o2)c1C. The van der Waals surface area contributed by atoms with Crippen LogP contribution in [-0.2, 0) is 11.2 Å². The number of aryl methyl sites for hydroxylation is 2. The maximum absolute atomic E-state index is 11.9.